The van der Waals surface area contributed by atoms with E-state index in [9.17, 15) is 4.79 Å². The molecule has 6 nitrogen and oxygen atoms in total. The lowest BCUT2D eigenvalue weighted by Crippen LogP contribution is -2.06. The summed E-state index contributed by atoms with van der Waals surface area (Å²) < 4.78 is 6.80. The van der Waals surface area contributed by atoms with Crippen LogP contribution in [0.25, 0.3) is 11.3 Å². The predicted octanol–water partition coefficient (Wildman–Crippen LogP) is 3.06. The van der Waals surface area contributed by atoms with E-state index in [1.54, 1.807) is 10.7 Å². The number of halogens is 1. The van der Waals surface area contributed by atoms with Crippen molar-refractivity contribution in [2.45, 2.75) is 20.4 Å². The van der Waals surface area contributed by atoms with E-state index in [-0.39, 0.29) is 5.69 Å². The largest absolute Gasteiger partial charge is 0.361 e. The Morgan fingerprint density at radius 3 is 2.73 bits per heavy atom. The van der Waals surface area contributed by atoms with Crippen LogP contribution >= 0.6 is 11.6 Å². The Hall–Kier alpha value is -2.47. The summed E-state index contributed by atoms with van der Waals surface area (Å²) >= 11 is 6.25. The van der Waals surface area contributed by atoms with Gasteiger partial charge in [-0.05, 0) is 19.9 Å². The number of aromatic nitrogens is 4. The molecule has 0 saturated carbocycles. The summed E-state index contributed by atoms with van der Waals surface area (Å²) in [5.41, 5.74) is 3.24. The second kappa shape index (κ2) is 5.73. The number of benzene rings is 1. The number of carbonyl (C=O) groups excluding carboxylic acids is 1. The van der Waals surface area contributed by atoms with E-state index in [0.717, 1.165) is 11.3 Å². The van der Waals surface area contributed by atoms with Gasteiger partial charge in [0, 0.05) is 11.1 Å². The molecule has 0 aliphatic heterocycles. The van der Waals surface area contributed by atoms with Crippen LogP contribution in [0.5, 0.6) is 0 Å². The normalized spacial score (nSPS) is 10.9. The first-order chi connectivity index (χ1) is 10.6. The Labute approximate surface area is 131 Å². The molecular weight excluding hydrogens is 304 g/mol. The fraction of sp³-hybridized carbons (Fsp3) is 0.200. The highest BCUT2D eigenvalue weighted by Crippen LogP contribution is 2.29. The molecule has 0 unspecified atom stereocenters. The second-order valence-corrected chi connectivity index (χ2v) is 5.29. The van der Waals surface area contributed by atoms with Crippen LogP contribution in [-0.4, -0.2) is 26.4 Å². The average Bonchev–Trinajstić information content (AvgIpc) is 3.06. The highest BCUT2D eigenvalue weighted by Gasteiger charge is 2.19. The maximum absolute atomic E-state index is 11.3. The third-order valence-corrected chi connectivity index (χ3v) is 3.82. The zero-order valence-corrected chi connectivity index (χ0v) is 12.8. The molecule has 2 aromatic heterocycles. The van der Waals surface area contributed by atoms with Crippen molar-refractivity contribution in [1.82, 2.24) is 20.2 Å². The van der Waals surface area contributed by atoms with Gasteiger partial charge in [-0.2, -0.15) is 0 Å². The Balaban J connectivity index is 2.12. The van der Waals surface area contributed by atoms with Gasteiger partial charge < -0.3 is 4.52 Å². The highest BCUT2D eigenvalue weighted by molar-refractivity contribution is 6.33. The molecule has 0 fully saturated rings. The molecule has 2 heterocycles. The molecule has 7 heteroatoms. The minimum absolute atomic E-state index is 0.250. The van der Waals surface area contributed by atoms with Gasteiger partial charge in [0.15, 0.2) is 12.0 Å². The molecule has 0 atom stereocenters. The third-order valence-electron chi connectivity index (χ3n) is 3.49. The number of hydrogen-bond donors (Lipinski definition) is 0. The molecule has 1 aromatic carbocycles. The lowest BCUT2D eigenvalue weighted by Gasteiger charge is -2.08. The van der Waals surface area contributed by atoms with Gasteiger partial charge in [0.25, 0.3) is 0 Å². The minimum atomic E-state index is 0.250. The number of hydrogen-bond acceptors (Lipinski definition) is 5. The van der Waals surface area contributed by atoms with E-state index in [1.807, 2.05) is 32.0 Å². The zero-order chi connectivity index (χ0) is 15.7. The first-order valence-electron chi connectivity index (χ1n) is 6.67. The zero-order valence-electron chi connectivity index (χ0n) is 12.1. The molecule has 0 amide bonds. The van der Waals surface area contributed by atoms with Crippen molar-refractivity contribution in [2.24, 2.45) is 0 Å². The molecular formula is C15H13ClN4O2. The first kappa shape index (κ1) is 14.5. The van der Waals surface area contributed by atoms with Gasteiger partial charge in [-0.1, -0.05) is 40.2 Å². The van der Waals surface area contributed by atoms with E-state index in [2.05, 4.69) is 15.5 Å². The Morgan fingerprint density at radius 2 is 2.09 bits per heavy atom. The number of aryl methyl sites for hydroxylation is 2. The molecule has 112 valence electrons. The molecule has 0 spiro atoms. The van der Waals surface area contributed by atoms with Crippen LogP contribution in [0.1, 0.15) is 27.5 Å². The van der Waals surface area contributed by atoms with Crippen molar-refractivity contribution >= 4 is 17.9 Å². The third kappa shape index (κ3) is 2.42. The summed E-state index contributed by atoms with van der Waals surface area (Å²) in [5, 5.41) is 12.5. The quantitative estimate of drug-likeness (QED) is 0.692. The van der Waals surface area contributed by atoms with Gasteiger partial charge in [-0.25, -0.2) is 4.68 Å². The summed E-state index contributed by atoms with van der Waals surface area (Å²) in [6, 6.07) is 7.27. The van der Waals surface area contributed by atoms with E-state index in [0.29, 0.717) is 34.9 Å². The van der Waals surface area contributed by atoms with E-state index >= 15 is 0 Å². The monoisotopic (exact) mass is 316 g/mol. The molecule has 22 heavy (non-hydrogen) atoms. The maximum atomic E-state index is 11.3. The summed E-state index contributed by atoms with van der Waals surface area (Å²) in [4.78, 5) is 11.3. The lowest BCUT2D eigenvalue weighted by atomic mass is 10.1. The van der Waals surface area contributed by atoms with Crippen molar-refractivity contribution in [2.75, 3.05) is 0 Å². The van der Waals surface area contributed by atoms with Gasteiger partial charge >= 0.3 is 0 Å². The fourth-order valence-corrected chi connectivity index (χ4v) is 2.55. The first-order valence-corrected chi connectivity index (χ1v) is 7.05. The van der Waals surface area contributed by atoms with Crippen molar-refractivity contribution in [3.05, 3.63) is 52.0 Å². The fourth-order valence-electron chi connectivity index (χ4n) is 2.32. The summed E-state index contributed by atoms with van der Waals surface area (Å²) in [6.07, 6.45) is 0.676. The topological polar surface area (TPSA) is 73.8 Å². The van der Waals surface area contributed by atoms with Gasteiger partial charge in [-0.3, -0.25) is 4.79 Å². The van der Waals surface area contributed by atoms with Crippen LogP contribution < -0.4 is 0 Å². The van der Waals surface area contributed by atoms with Crippen molar-refractivity contribution in [1.29, 1.82) is 0 Å². The van der Waals surface area contributed by atoms with Crippen LogP contribution in [0.15, 0.2) is 28.8 Å². The SMILES string of the molecule is Cc1noc(C)c1Cn1nnc(C=O)c1-c1ccccc1Cl. The van der Waals surface area contributed by atoms with E-state index < -0.39 is 0 Å². The minimum Gasteiger partial charge on any atom is -0.361 e. The summed E-state index contributed by atoms with van der Waals surface area (Å²) in [6.45, 7) is 4.10. The molecule has 0 saturated heterocycles. The molecule has 3 rings (SSSR count). The molecule has 0 aliphatic carbocycles. The van der Waals surface area contributed by atoms with Gasteiger partial charge in [0.1, 0.15) is 11.5 Å². The van der Waals surface area contributed by atoms with Crippen LogP contribution in [0, 0.1) is 13.8 Å². The van der Waals surface area contributed by atoms with Crippen molar-refractivity contribution in [3.8, 4) is 11.3 Å². The van der Waals surface area contributed by atoms with Crippen LogP contribution in [0.3, 0.4) is 0 Å². The standard InChI is InChI=1S/C15H13ClN4O2/c1-9-12(10(2)22-18-9)7-20-15(14(8-21)17-19-20)11-5-3-4-6-13(11)16/h3-6,8H,7H2,1-2H3. The highest BCUT2D eigenvalue weighted by atomic mass is 35.5. The van der Waals surface area contributed by atoms with Crippen molar-refractivity contribution < 1.29 is 9.32 Å². The van der Waals surface area contributed by atoms with Crippen LogP contribution in [0.2, 0.25) is 5.02 Å². The average molecular weight is 317 g/mol. The number of carbonyl (C=O) groups is 1. The molecule has 0 bridgehead atoms. The van der Waals surface area contributed by atoms with Crippen LogP contribution in [0.4, 0.5) is 0 Å². The molecule has 0 aliphatic rings. The Morgan fingerprint density at radius 1 is 1.32 bits per heavy atom. The van der Waals surface area contributed by atoms with E-state index in [4.69, 9.17) is 16.1 Å². The molecule has 0 radical (unpaired) electrons. The lowest BCUT2D eigenvalue weighted by molar-refractivity contribution is 0.111. The molecule has 0 N–H and O–H groups in total. The number of aldehydes is 1. The Kier molecular flexibility index (Phi) is 3.77. The number of rotatable bonds is 4. The van der Waals surface area contributed by atoms with Crippen molar-refractivity contribution in [3.63, 3.8) is 0 Å². The predicted molar refractivity (Wildman–Crippen MR) is 80.9 cm³/mol. The second-order valence-electron chi connectivity index (χ2n) is 4.88. The van der Waals surface area contributed by atoms with E-state index in [1.165, 1.54) is 0 Å². The van der Waals surface area contributed by atoms with Gasteiger partial charge in [0.2, 0.25) is 0 Å². The Bertz CT molecular complexity index is 818. The molecule has 3 aromatic rings. The summed E-state index contributed by atoms with van der Waals surface area (Å²) in [7, 11) is 0. The van der Waals surface area contributed by atoms with Gasteiger partial charge in [-0.15, -0.1) is 5.10 Å². The maximum Gasteiger partial charge on any atom is 0.172 e. The van der Waals surface area contributed by atoms with Gasteiger partial charge in [0.05, 0.1) is 17.3 Å². The van der Waals surface area contributed by atoms with Crippen LogP contribution in [-0.2, 0) is 6.54 Å². The smallest absolute Gasteiger partial charge is 0.172 e. The number of nitrogens with zero attached hydrogens (tertiary/aromatic N) is 4. The summed E-state index contributed by atoms with van der Waals surface area (Å²) in [5.74, 6) is 0.714.